The van der Waals surface area contributed by atoms with Crippen LogP contribution in [0.3, 0.4) is 0 Å². The monoisotopic (exact) mass is 384 g/mol. The van der Waals surface area contributed by atoms with Crippen molar-refractivity contribution in [2.45, 2.75) is 6.42 Å². The lowest BCUT2D eigenvalue weighted by molar-refractivity contribution is -0.118. The first-order valence-corrected chi connectivity index (χ1v) is 9.14. The van der Waals surface area contributed by atoms with Gasteiger partial charge in [-0.15, -0.1) is 0 Å². The molecule has 0 aliphatic heterocycles. The van der Waals surface area contributed by atoms with E-state index in [1.165, 1.54) is 0 Å². The molecule has 0 saturated heterocycles. The number of nitrogens with zero attached hydrogens (tertiary/aromatic N) is 1. The molecule has 0 spiro atoms. The fraction of sp³-hybridized carbons (Fsp3) is 0.0833. The number of hydrogen-bond donors (Lipinski definition) is 1. The van der Waals surface area contributed by atoms with Gasteiger partial charge in [0, 0.05) is 11.3 Å². The van der Waals surface area contributed by atoms with E-state index < -0.39 is 5.92 Å². The predicted octanol–water partition coefficient (Wildman–Crippen LogP) is 5.06. The number of amides is 1. The SMILES string of the molecule is N#Cc1ccc(NC(=O)C(C#Cc2ccccc2)Cc2ccccc2)cc1Cl. The summed E-state index contributed by atoms with van der Waals surface area (Å²) in [6.07, 6.45) is 0.497. The molecule has 4 heteroatoms. The Bertz CT molecular complexity index is 1060. The van der Waals surface area contributed by atoms with Gasteiger partial charge in [-0.25, -0.2) is 0 Å². The molecule has 0 fully saturated rings. The van der Waals surface area contributed by atoms with Crippen LogP contribution in [-0.2, 0) is 11.2 Å². The number of benzene rings is 3. The number of nitrogens with one attached hydrogen (secondary N) is 1. The maximum atomic E-state index is 12.9. The van der Waals surface area contributed by atoms with Gasteiger partial charge in [0.2, 0.25) is 5.91 Å². The zero-order valence-electron chi connectivity index (χ0n) is 15.0. The van der Waals surface area contributed by atoms with Crippen LogP contribution in [0.1, 0.15) is 16.7 Å². The van der Waals surface area contributed by atoms with Gasteiger partial charge < -0.3 is 5.32 Å². The molecule has 0 radical (unpaired) electrons. The lowest BCUT2D eigenvalue weighted by atomic mass is 9.98. The first-order chi connectivity index (χ1) is 13.7. The summed E-state index contributed by atoms with van der Waals surface area (Å²) in [4.78, 5) is 12.9. The average Bonchev–Trinajstić information content (AvgIpc) is 2.72. The smallest absolute Gasteiger partial charge is 0.239 e. The molecule has 28 heavy (non-hydrogen) atoms. The Hall–Kier alpha value is -3.53. The summed E-state index contributed by atoms with van der Waals surface area (Å²) >= 11 is 6.06. The number of nitriles is 1. The van der Waals surface area contributed by atoms with E-state index in [1.807, 2.05) is 66.7 Å². The summed E-state index contributed by atoms with van der Waals surface area (Å²) in [5.41, 5.74) is 2.79. The van der Waals surface area contributed by atoms with Crippen molar-refractivity contribution < 1.29 is 4.79 Å². The van der Waals surface area contributed by atoms with Gasteiger partial charge >= 0.3 is 0 Å². The average molecular weight is 385 g/mol. The first-order valence-electron chi connectivity index (χ1n) is 8.77. The van der Waals surface area contributed by atoms with Gasteiger partial charge in [-0.3, -0.25) is 4.79 Å². The third-order valence-corrected chi connectivity index (χ3v) is 4.43. The molecule has 0 aromatic heterocycles. The van der Waals surface area contributed by atoms with Gasteiger partial charge in [0.25, 0.3) is 0 Å². The van der Waals surface area contributed by atoms with Crippen molar-refractivity contribution >= 4 is 23.2 Å². The van der Waals surface area contributed by atoms with Crippen LogP contribution in [0.4, 0.5) is 5.69 Å². The highest BCUT2D eigenvalue weighted by Gasteiger charge is 2.17. The Labute approximate surface area is 169 Å². The van der Waals surface area contributed by atoms with E-state index in [2.05, 4.69) is 17.2 Å². The number of rotatable bonds is 4. The number of halogens is 1. The molecule has 3 rings (SSSR count). The van der Waals surface area contributed by atoms with Crippen LogP contribution in [-0.4, -0.2) is 5.91 Å². The lowest BCUT2D eigenvalue weighted by Gasteiger charge is -2.12. The van der Waals surface area contributed by atoms with Crippen molar-refractivity contribution in [2.24, 2.45) is 5.92 Å². The van der Waals surface area contributed by atoms with Crippen LogP contribution < -0.4 is 5.32 Å². The second kappa shape index (κ2) is 9.42. The third-order valence-electron chi connectivity index (χ3n) is 4.12. The number of anilines is 1. The molecular weight excluding hydrogens is 368 g/mol. The van der Waals surface area contributed by atoms with Gasteiger partial charge in [-0.1, -0.05) is 72.0 Å². The van der Waals surface area contributed by atoms with Gasteiger partial charge in [0.05, 0.1) is 10.6 Å². The molecule has 3 aromatic carbocycles. The van der Waals surface area contributed by atoms with Crippen molar-refractivity contribution in [3.05, 3.63) is 101 Å². The van der Waals surface area contributed by atoms with Crippen LogP contribution in [0.15, 0.2) is 78.9 Å². The van der Waals surface area contributed by atoms with Gasteiger partial charge in [0.1, 0.15) is 12.0 Å². The highest BCUT2D eigenvalue weighted by Crippen LogP contribution is 2.21. The van der Waals surface area contributed by atoms with E-state index in [1.54, 1.807) is 18.2 Å². The summed E-state index contributed by atoms with van der Waals surface area (Å²) < 4.78 is 0. The lowest BCUT2D eigenvalue weighted by Crippen LogP contribution is -2.23. The molecule has 136 valence electrons. The summed E-state index contributed by atoms with van der Waals surface area (Å²) in [6, 6.07) is 26.1. The first kappa shape index (κ1) is 19.2. The van der Waals surface area contributed by atoms with E-state index in [-0.39, 0.29) is 5.91 Å². The highest BCUT2D eigenvalue weighted by molar-refractivity contribution is 6.32. The molecule has 3 nitrogen and oxygen atoms in total. The van der Waals surface area contributed by atoms with Crippen molar-refractivity contribution in [1.82, 2.24) is 0 Å². The number of carbonyl (C=O) groups excluding carboxylic acids is 1. The Kier molecular flexibility index (Phi) is 6.47. The van der Waals surface area contributed by atoms with Crippen molar-refractivity contribution in [3.8, 4) is 17.9 Å². The minimum absolute atomic E-state index is 0.215. The molecule has 1 amide bonds. The second-order valence-corrected chi connectivity index (χ2v) is 6.58. The number of hydrogen-bond acceptors (Lipinski definition) is 2. The topological polar surface area (TPSA) is 52.9 Å². The minimum atomic E-state index is -0.531. The fourth-order valence-electron chi connectivity index (χ4n) is 2.66. The Morgan fingerprint density at radius 1 is 1.00 bits per heavy atom. The van der Waals surface area contributed by atoms with E-state index in [4.69, 9.17) is 16.9 Å². The standard InChI is InChI=1S/C24H17ClN2O/c25-23-16-22(14-13-21(23)17-26)27-24(28)20(15-19-9-5-2-6-10-19)12-11-18-7-3-1-4-8-18/h1-10,13-14,16,20H,15H2,(H,27,28). The third kappa shape index (κ3) is 5.24. The minimum Gasteiger partial charge on any atom is -0.325 e. The van der Waals surface area contributed by atoms with Crippen LogP contribution in [0.25, 0.3) is 0 Å². The van der Waals surface area contributed by atoms with Crippen molar-refractivity contribution in [3.63, 3.8) is 0 Å². The summed E-state index contributed by atoms with van der Waals surface area (Å²) in [7, 11) is 0. The predicted molar refractivity (Wildman–Crippen MR) is 112 cm³/mol. The van der Waals surface area contributed by atoms with Crippen LogP contribution in [0.2, 0.25) is 5.02 Å². The highest BCUT2D eigenvalue weighted by atomic mass is 35.5. The summed E-state index contributed by atoms with van der Waals surface area (Å²) in [5, 5.41) is 12.1. The van der Waals surface area contributed by atoms with E-state index in [0.717, 1.165) is 11.1 Å². The molecule has 1 atom stereocenters. The van der Waals surface area contributed by atoms with E-state index in [0.29, 0.717) is 22.7 Å². The molecule has 1 N–H and O–H groups in total. The fourth-order valence-corrected chi connectivity index (χ4v) is 2.89. The molecule has 3 aromatic rings. The zero-order chi connectivity index (χ0) is 19.8. The molecule has 0 bridgehead atoms. The van der Waals surface area contributed by atoms with Crippen LogP contribution in [0, 0.1) is 29.1 Å². The maximum absolute atomic E-state index is 12.9. The molecular formula is C24H17ClN2O. The molecule has 0 heterocycles. The Morgan fingerprint density at radius 3 is 2.32 bits per heavy atom. The normalized spacial score (nSPS) is 10.9. The van der Waals surface area contributed by atoms with Crippen molar-refractivity contribution in [1.29, 1.82) is 5.26 Å². The quantitative estimate of drug-likeness (QED) is 0.639. The molecule has 0 aliphatic carbocycles. The zero-order valence-corrected chi connectivity index (χ0v) is 15.8. The second-order valence-electron chi connectivity index (χ2n) is 6.17. The van der Waals surface area contributed by atoms with Gasteiger partial charge in [0.15, 0.2) is 0 Å². The van der Waals surface area contributed by atoms with Gasteiger partial charge in [-0.2, -0.15) is 5.26 Å². The molecule has 0 aliphatic rings. The molecule has 1 unspecified atom stereocenters. The van der Waals surface area contributed by atoms with Crippen LogP contribution in [0.5, 0.6) is 0 Å². The Morgan fingerprint density at radius 2 is 1.68 bits per heavy atom. The largest absolute Gasteiger partial charge is 0.325 e. The van der Waals surface area contributed by atoms with E-state index in [9.17, 15) is 4.79 Å². The van der Waals surface area contributed by atoms with Crippen LogP contribution >= 0.6 is 11.6 Å². The van der Waals surface area contributed by atoms with Gasteiger partial charge in [-0.05, 0) is 42.3 Å². The summed E-state index contributed by atoms with van der Waals surface area (Å²) in [5.74, 6) is 5.43. The van der Waals surface area contributed by atoms with Crippen molar-refractivity contribution in [2.75, 3.05) is 5.32 Å². The maximum Gasteiger partial charge on any atom is 0.239 e. The molecule has 0 saturated carbocycles. The van der Waals surface area contributed by atoms with E-state index >= 15 is 0 Å². The Balaban J connectivity index is 1.83. The number of carbonyl (C=O) groups is 1. The summed E-state index contributed by atoms with van der Waals surface area (Å²) in [6.45, 7) is 0.